The van der Waals surface area contributed by atoms with E-state index in [9.17, 15) is 14.9 Å². The van der Waals surface area contributed by atoms with Crippen LogP contribution in [-0.4, -0.2) is 58.9 Å². The molecule has 3 rings (SSSR count). The number of amides is 1. The SMILES string of the molecule is CC(/C=C/c1ccc([N+](=O)[O-])o1)=N/N1CC(CN2CCCCC2)OC1=O. The zero-order valence-electron chi connectivity index (χ0n) is 14.7. The van der Waals surface area contributed by atoms with Gasteiger partial charge in [0.25, 0.3) is 0 Å². The number of rotatable bonds is 6. The van der Waals surface area contributed by atoms with E-state index in [0.717, 1.165) is 19.6 Å². The highest BCUT2D eigenvalue weighted by atomic mass is 16.6. The molecule has 0 spiro atoms. The molecule has 2 saturated heterocycles. The van der Waals surface area contributed by atoms with Crippen molar-refractivity contribution < 1.29 is 18.9 Å². The van der Waals surface area contributed by atoms with Gasteiger partial charge in [-0.05, 0) is 51.1 Å². The Kier molecular flexibility index (Phi) is 5.67. The maximum absolute atomic E-state index is 12.0. The summed E-state index contributed by atoms with van der Waals surface area (Å²) >= 11 is 0. The Morgan fingerprint density at radius 2 is 2.15 bits per heavy atom. The Labute approximate surface area is 151 Å². The molecule has 140 valence electrons. The first-order valence-electron chi connectivity index (χ1n) is 8.69. The minimum Gasteiger partial charge on any atom is -0.441 e. The van der Waals surface area contributed by atoms with Gasteiger partial charge < -0.3 is 9.15 Å². The fraction of sp³-hybridized carbons (Fsp3) is 0.529. The number of piperidine rings is 1. The Hall–Kier alpha value is -2.68. The molecule has 2 aliphatic rings. The van der Waals surface area contributed by atoms with Gasteiger partial charge in [0.05, 0.1) is 18.3 Å². The van der Waals surface area contributed by atoms with Gasteiger partial charge in [-0.1, -0.05) is 6.42 Å². The maximum Gasteiger partial charge on any atom is 0.433 e. The second-order valence-corrected chi connectivity index (χ2v) is 6.46. The van der Waals surface area contributed by atoms with E-state index in [1.807, 2.05) is 0 Å². The van der Waals surface area contributed by atoms with E-state index >= 15 is 0 Å². The Balaban J connectivity index is 1.55. The predicted octanol–water partition coefficient (Wildman–Crippen LogP) is 2.88. The number of hydrogen-bond acceptors (Lipinski definition) is 7. The van der Waals surface area contributed by atoms with Gasteiger partial charge in [-0.3, -0.25) is 15.0 Å². The monoisotopic (exact) mass is 362 g/mol. The fourth-order valence-corrected chi connectivity index (χ4v) is 3.07. The minimum absolute atomic E-state index is 0.172. The molecule has 9 nitrogen and oxygen atoms in total. The first-order valence-corrected chi connectivity index (χ1v) is 8.69. The van der Waals surface area contributed by atoms with Crippen molar-refractivity contribution in [3.05, 3.63) is 34.1 Å². The molecule has 1 unspecified atom stereocenters. The van der Waals surface area contributed by atoms with Crippen molar-refractivity contribution in [3.63, 3.8) is 0 Å². The van der Waals surface area contributed by atoms with Crippen molar-refractivity contribution in [1.82, 2.24) is 9.91 Å². The second kappa shape index (κ2) is 8.13. The van der Waals surface area contributed by atoms with Crippen molar-refractivity contribution in [3.8, 4) is 0 Å². The first-order chi connectivity index (χ1) is 12.5. The molecule has 0 bridgehead atoms. The lowest BCUT2D eigenvalue weighted by Gasteiger charge is -2.27. The molecule has 0 saturated carbocycles. The lowest BCUT2D eigenvalue weighted by Crippen LogP contribution is -2.37. The van der Waals surface area contributed by atoms with Crippen LogP contribution >= 0.6 is 0 Å². The third-order valence-electron chi connectivity index (χ3n) is 4.33. The van der Waals surface area contributed by atoms with Crippen LogP contribution < -0.4 is 0 Å². The molecule has 1 amide bonds. The van der Waals surface area contributed by atoms with E-state index < -0.39 is 11.0 Å². The molecule has 0 radical (unpaired) electrons. The number of ether oxygens (including phenoxy) is 1. The predicted molar refractivity (Wildman–Crippen MR) is 94.8 cm³/mol. The summed E-state index contributed by atoms with van der Waals surface area (Å²) in [5, 5.41) is 16.2. The van der Waals surface area contributed by atoms with E-state index in [1.165, 1.54) is 36.4 Å². The average Bonchev–Trinajstić information content (AvgIpc) is 3.21. The molecule has 9 heteroatoms. The van der Waals surface area contributed by atoms with Crippen LogP contribution in [0.15, 0.2) is 27.7 Å². The van der Waals surface area contributed by atoms with E-state index in [0.29, 0.717) is 18.0 Å². The smallest absolute Gasteiger partial charge is 0.433 e. The molecular formula is C17H22N4O5. The third kappa shape index (κ3) is 4.69. The van der Waals surface area contributed by atoms with Crippen LogP contribution in [0.2, 0.25) is 0 Å². The Bertz CT molecular complexity index is 720. The van der Waals surface area contributed by atoms with Crippen LogP contribution in [0.5, 0.6) is 0 Å². The highest BCUT2D eigenvalue weighted by molar-refractivity contribution is 5.96. The molecule has 2 fully saturated rings. The van der Waals surface area contributed by atoms with Gasteiger partial charge in [0.1, 0.15) is 16.8 Å². The van der Waals surface area contributed by atoms with Crippen LogP contribution in [0.1, 0.15) is 31.9 Å². The molecule has 0 aromatic carbocycles. The van der Waals surface area contributed by atoms with Gasteiger partial charge in [0.15, 0.2) is 0 Å². The molecule has 2 aliphatic heterocycles. The molecule has 3 heterocycles. The van der Waals surface area contributed by atoms with Crippen LogP contribution in [0, 0.1) is 10.1 Å². The fourth-order valence-electron chi connectivity index (χ4n) is 3.07. The number of likely N-dealkylation sites (tertiary alicyclic amines) is 1. The van der Waals surface area contributed by atoms with Crippen LogP contribution in [0.3, 0.4) is 0 Å². The Morgan fingerprint density at radius 1 is 1.38 bits per heavy atom. The van der Waals surface area contributed by atoms with Crippen molar-refractivity contribution in [2.75, 3.05) is 26.2 Å². The highest BCUT2D eigenvalue weighted by Gasteiger charge is 2.32. The third-order valence-corrected chi connectivity index (χ3v) is 4.33. The summed E-state index contributed by atoms with van der Waals surface area (Å²) in [6.45, 7) is 5.00. The lowest BCUT2D eigenvalue weighted by molar-refractivity contribution is -0.402. The number of hydrogen-bond donors (Lipinski definition) is 0. The van der Waals surface area contributed by atoms with Crippen LogP contribution in [0.25, 0.3) is 6.08 Å². The minimum atomic E-state index is -0.596. The van der Waals surface area contributed by atoms with Gasteiger partial charge in [-0.25, -0.2) is 4.79 Å². The molecule has 1 aromatic rings. The van der Waals surface area contributed by atoms with E-state index in [2.05, 4.69) is 10.0 Å². The number of nitro groups is 1. The van der Waals surface area contributed by atoms with Crippen molar-refractivity contribution in [2.24, 2.45) is 5.10 Å². The molecule has 1 aromatic heterocycles. The number of furan rings is 1. The number of carbonyl (C=O) groups excluding carboxylic acids is 1. The van der Waals surface area contributed by atoms with Crippen LogP contribution in [0.4, 0.5) is 10.7 Å². The number of hydrazone groups is 1. The van der Waals surface area contributed by atoms with Crippen molar-refractivity contribution in [1.29, 1.82) is 0 Å². The molecule has 1 atom stereocenters. The maximum atomic E-state index is 12.0. The summed E-state index contributed by atoms with van der Waals surface area (Å²) in [5.74, 6) is 0.0288. The number of nitrogens with zero attached hydrogens (tertiary/aromatic N) is 4. The molecule has 0 aliphatic carbocycles. The van der Waals surface area contributed by atoms with E-state index in [1.54, 1.807) is 19.1 Å². The zero-order chi connectivity index (χ0) is 18.5. The number of cyclic esters (lactones) is 1. The van der Waals surface area contributed by atoms with Crippen molar-refractivity contribution in [2.45, 2.75) is 32.3 Å². The topological polar surface area (TPSA) is 101 Å². The normalized spacial score (nSPS) is 22.2. The van der Waals surface area contributed by atoms with Gasteiger partial charge in [0.2, 0.25) is 0 Å². The average molecular weight is 362 g/mol. The van der Waals surface area contributed by atoms with E-state index in [-0.39, 0.29) is 12.0 Å². The molecular weight excluding hydrogens is 340 g/mol. The quantitative estimate of drug-likeness (QED) is 0.438. The number of allylic oxidation sites excluding steroid dienone is 1. The second-order valence-electron chi connectivity index (χ2n) is 6.46. The largest absolute Gasteiger partial charge is 0.441 e. The standard InChI is InChI=1S/C17H22N4O5/c1-13(5-6-14-7-8-16(25-14)21(23)24)18-20-12-15(26-17(20)22)11-19-9-3-2-4-10-19/h5-8,15H,2-4,9-12H2,1H3/b6-5+,18-13-. The van der Waals surface area contributed by atoms with Gasteiger partial charge in [0, 0.05) is 6.54 Å². The zero-order valence-corrected chi connectivity index (χ0v) is 14.7. The van der Waals surface area contributed by atoms with Gasteiger partial charge in [-0.2, -0.15) is 10.1 Å². The van der Waals surface area contributed by atoms with E-state index in [4.69, 9.17) is 9.15 Å². The lowest BCUT2D eigenvalue weighted by atomic mass is 10.1. The summed E-state index contributed by atoms with van der Waals surface area (Å²) in [4.78, 5) is 24.3. The van der Waals surface area contributed by atoms with Gasteiger partial charge in [-0.15, -0.1) is 0 Å². The Morgan fingerprint density at radius 3 is 2.85 bits per heavy atom. The highest BCUT2D eigenvalue weighted by Crippen LogP contribution is 2.18. The summed E-state index contributed by atoms with van der Waals surface area (Å²) in [5.41, 5.74) is 0.569. The summed E-state index contributed by atoms with van der Waals surface area (Å²) in [6.07, 6.45) is 6.23. The first kappa shape index (κ1) is 18.1. The summed E-state index contributed by atoms with van der Waals surface area (Å²) in [7, 11) is 0. The number of carbonyl (C=O) groups is 1. The summed E-state index contributed by atoms with van der Waals surface area (Å²) in [6, 6.07) is 2.79. The molecule has 26 heavy (non-hydrogen) atoms. The van der Waals surface area contributed by atoms with Gasteiger partial charge >= 0.3 is 12.0 Å². The summed E-state index contributed by atoms with van der Waals surface area (Å²) < 4.78 is 10.4. The van der Waals surface area contributed by atoms with Crippen molar-refractivity contribution >= 4 is 23.8 Å². The van der Waals surface area contributed by atoms with Crippen LogP contribution in [-0.2, 0) is 4.74 Å². The molecule has 0 N–H and O–H groups in total.